The minimum absolute atomic E-state index is 0.779. The second kappa shape index (κ2) is 8.65. The molecule has 0 fully saturated rings. The molecule has 0 aliphatic carbocycles. The number of halogens is 2. The molecule has 4 nitrogen and oxygen atoms in total. The molecule has 3 heterocycles. The lowest BCUT2D eigenvalue weighted by Crippen LogP contribution is -2.56. The molecule has 170 valence electrons. The van der Waals surface area contributed by atoms with Crippen molar-refractivity contribution in [1.29, 1.82) is 0 Å². The predicted molar refractivity (Wildman–Crippen MR) is 155 cm³/mol. The molecule has 0 N–H and O–H groups in total. The van der Waals surface area contributed by atoms with Crippen LogP contribution in [-0.2, 0) is 0 Å². The number of hydrogen-bond donors (Lipinski definition) is 0. The Morgan fingerprint density at radius 1 is 0.906 bits per heavy atom. The lowest BCUT2D eigenvalue weighted by molar-refractivity contribution is -0.862. The number of fused-ring (bicyclic) bond motifs is 2. The SMILES string of the molecule is CC1=C(I)C(C)=[N+]2C1=Cc1c(C)c(I)c(C)n1[B-]2(C#CC[N+](C)(C)C)C#CC[N+](C)(C)C. The van der Waals surface area contributed by atoms with E-state index in [9.17, 15) is 0 Å². The number of aromatic nitrogens is 1. The lowest BCUT2D eigenvalue weighted by atomic mass is 9.45. The van der Waals surface area contributed by atoms with Crippen molar-refractivity contribution in [1.82, 2.24) is 4.48 Å². The Morgan fingerprint density at radius 2 is 1.41 bits per heavy atom. The van der Waals surface area contributed by atoms with E-state index < -0.39 is 6.42 Å². The zero-order valence-corrected chi connectivity index (χ0v) is 25.4. The molecule has 1 aromatic heterocycles. The van der Waals surface area contributed by atoms with Crippen LogP contribution in [0.25, 0.3) is 6.08 Å². The van der Waals surface area contributed by atoms with Gasteiger partial charge in [0.2, 0.25) is 0 Å². The fraction of sp³-hybridized carbons (Fsp3) is 0.480. The predicted octanol–water partition coefficient (Wildman–Crippen LogP) is 4.05. The summed E-state index contributed by atoms with van der Waals surface area (Å²) in [4.78, 5) is 0. The average molecular weight is 656 g/mol. The van der Waals surface area contributed by atoms with Gasteiger partial charge in [-0.3, -0.25) is 0 Å². The third kappa shape index (κ3) is 4.51. The van der Waals surface area contributed by atoms with Gasteiger partial charge in [0.25, 0.3) is 0 Å². The first-order valence-electron chi connectivity index (χ1n) is 11.0. The number of allylic oxidation sites excluding steroid dienone is 2. The first-order valence-corrected chi connectivity index (χ1v) is 13.1. The van der Waals surface area contributed by atoms with Crippen molar-refractivity contribution in [2.75, 3.05) is 55.4 Å². The maximum absolute atomic E-state index is 3.77. The summed E-state index contributed by atoms with van der Waals surface area (Å²) in [5.74, 6) is 14.7. The zero-order valence-electron chi connectivity index (χ0n) is 21.1. The van der Waals surface area contributed by atoms with Crippen LogP contribution in [0.15, 0.2) is 14.8 Å². The Hall–Kier alpha value is -1.01. The molecule has 0 aromatic carbocycles. The van der Waals surface area contributed by atoms with E-state index in [2.05, 4.69) is 154 Å². The fourth-order valence-corrected chi connectivity index (χ4v) is 5.48. The summed E-state index contributed by atoms with van der Waals surface area (Å²) in [7, 11) is 13.1. The molecule has 0 amide bonds. The molecular formula is C25H35BI2N4+2. The molecule has 0 radical (unpaired) electrons. The average Bonchev–Trinajstić information content (AvgIpc) is 3.01. The van der Waals surface area contributed by atoms with Gasteiger partial charge in [-0.15, -0.1) is 0 Å². The molecule has 7 heteroatoms. The highest BCUT2D eigenvalue weighted by Crippen LogP contribution is 2.40. The second-order valence-corrected chi connectivity index (χ2v) is 13.2. The van der Waals surface area contributed by atoms with Crippen molar-refractivity contribution in [3.63, 3.8) is 0 Å². The van der Waals surface area contributed by atoms with Crippen molar-refractivity contribution < 1.29 is 13.5 Å². The quantitative estimate of drug-likeness (QED) is 0.197. The summed E-state index contributed by atoms with van der Waals surface area (Å²) >= 11 is 4.97. The van der Waals surface area contributed by atoms with Crippen LogP contribution in [0.1, 0.15) is 30.8 Å². The Kier molecular flexibility index (Phi) is 6.92. The van der Waals surface area contributed by atoms with Crippen LogP contribution in [0, 0.1) is 40.9 Å². The van der Waals surface area contributed by atoms with Gasteiger partial charge < -0.3 is 17.9 Å². The Bertz CT molecular complexity index is 1180. The molecule has 2 aliphatic rings. The van der Waals surface area contributed by atoms with Gasteiger partial charge in [-0.05, 0) is 77.2 Å². The van der Waals surface area contributed by atoms with E-state index >= 15 is 0 Å². The topological polar surface area (TPSA) is 7.94 Å². The van der Waals surface area contributed by atoms with E-state index in [1.54, 1.807) is 0 Å². The fourth-order valence-electron chi connectivity index (χ4n) is 4.41. The summed E-state index contributed by atoms with van der Waals surface area (Å²) in [6.45, 7) is 10.4. The maximum atomic E-state index is 3.77. The van der Waals surface area contributed by atoms with Crippen LogP contribution in [0.4, 0.5) is 0 Å². The molecule has 0 bridgehead atoms. The summed E-state index contributed by atoms with van der Waals surface area (Å²) < 4.78 is 9.10. The number of quaternary nitrogens is 2. The van der Waals surface area contributed by atoms with Gasteiger partial charge in [0.1, 0.15) is 18.8 Å². The monoisotopic (exact) mass is 656 g/mol. The van der Waals surface area contributed by atoms with E-state index in [0.29, 0.717) is 0 Å². The lowest BCUT2D eigenvalue weighted by Gasteiger charge is -2.36. The highest BCUT2D eigenvalue weighted by atomic mass is 127. The molecule has 0 saturated carbocycles. The minimum atomic E-state index is -1.67. The van der Waals surface area contributed by atoms with E-state index in [1.165, 1.54) is 41.1 Å². The van der Waals surface area contributed by atoms with E-state index in [1.807, 2.05) is 0 Å². The smallest absolute Gasteiger partial charge is 0.435 e. The summed E-state index contributed by atoms with van der Waals surface area (Å²) in [5.41, 5.74) is 7.62. The number of hydrogen-bond acceptors (Lipinski definition) is 0. The molecular weight excluding hydrogens is 621 g/mol. The largest absolute Gasteiger partial charge is 0.520 e. The molecule has 0 unspecified atom stereocenters. The summed E-state index contributed by atoms with van der Waals surface area (Å²) in [6, 6.07) is 0. The third-order valence-electron chi connectivity index (χ3n) is 6.04. The van der Waals surface area contributed by atoms with Crippen molar-refractivity contribution >= 4 is 63.4 Å². The molecule has 1 aromatic rings. The molecule has 3 rings (SSSR count). The van der Waals surface area contributed by atoms with Gasteiger partial charge in [-0.25, -0.2) is 0 Å². The van der Waals surface area contributed by atoms with Gasteiger partial charge >= 0.3 is 6.42 Å². The van der Waals surface area contributed by atoms with Gasteiger partial charge in [0, 0.05) is 27.8 Å². The molecule has 0 atom stereocenters. The van der Waals surface area contributed by atoms with E-state index in [-0.39, 0.29) is 0 Å². The molecule has 0 saturated heterocycles. The van der Waals surface area contributed by atoms with Gasteiger partial charge in [-0.2, -0.15) is 11.6 Å². The van der Waals surface area contributed by atoms with Gasteiger partial charge in [0.05, 0.1) is 45.9 Å². The van der Waals surface area contributed by atoms with Crippen LogP contribution in [-0.4, -0.2) is 85.4 Å². The van der Waals surface area contributed by atoms with Gasteiger partial charge in [0.15, 0.2) is 5.70 Å². The van der Waals surface area contributed by atoms with Crippen LogP contribution in [0.2, 0.25) is 0 Å². The zero-order chi connectivity index (χ0) is 24.2. The van der Waals surface area contributed by atoms with Crippen LogP contribution in [0.5, 0.6) is 0 Å². The normalized spacial score (nSPS) is 17.3. The maximum Gasteiger partial charge on any atom is 0.520 e. The second-order valence-electron chi connectivity index (χ2n) is 11.0. The summed E-state index contributed by atoms with van der Waals surface area (Å²) in [6.07, 6.45) is 0.673. The van der Waals surface area contributed by atoms with E-state index in [4.69, 9.17) is 0 Å². The first kappa shape index (κ1) is 25.6. The Balaban J connectivity index is 2.43. The van der Waals surface area contributed by atoms with Crippen LogP contribution >= 0.6 is 45.2 Å². The van der Waals surface area contributed by atoms with Crippen molar-refractivity contribution in [3.05, 3.63) is 35.4 Å². The van der Waals surface area contributed by atoms with Crippen molar-refractivity contribution in [2.45, 2.75) is 27.7 Å². The third-order valence-corrected chi connectivity index (χ3v) is 9.22. The highest BCUT2D eigenvalue weighted by Gasteiger charge is 2.49. The molecule has 32 heavy (non-hydrogen) atoms. The van der Waals surface area contributed by atoms with Crippen LogP contribution in [0.3, 0.4) is 0 Å². The number of nitrogens with zero attached hydrogens (tertiary/aromatic N) is 4. The molecule has 0 spiro atoms. The number of rotatable bonds is 2. The van der Waals surface area contributed by atoms with Gasteiger partial charge in [-0.1, -0.05) is 11.8 Å². The first-order chi connectivity index (χ1) is 14.6. The van der Waals surface area contributed by atoms with Crippen molar-refractivity contribution in [2.24, 2.45) is 0 Å². The minimum Gasteiger partial charge on any atom is -0.435 e. The van der Waals surface area contributed by atoms with E-state index in [0.717, 1.165) is 22.1 Å². The highest BCUT2D eigenvalue weighted by molar-refractivity contribution is 14.1. The Morgan fingerprint density at radius 3 is 1.88 bits per heavy atom. The standard InChI is InChI=1S/C25H35BI2N4/c1-18-22-17-23-19(2)25(28)21(4)30(23)26(13-11-15-31(5,6)7,14-12-16-32(8,9)10)29(22)20(3)24(18)27/h17H,15-16H2,1-10H3/q+2. The van der Waals surface area contributed by atoms with Crippen molar-refractivity contribution in [3.8, 4) is 23.5 Å². The summed E-state index contributed by atoms with van der Waals surface area (Å²) in [5, 5.41) is 0. The van der Waals surface area contributed by atoms with Crippen LogP contribution < -0.4 is 0 Å². The Labute approximate surface area is 221 Å². The molecule has 2 aliphatic heterocycles.